The van der Waals surface area contributed by atoms with Crippen molar-refractivity contribution in [1.29, 1.82) is 0 Å². The average molecular weight is 208 g/mol. The van der Waals surface area contributed by atoms with Crippen LogP contribution in [0.25, 0.3) is 0 Å². The van der Waals surface area contributed by atoms with Crippen LogP contribution in [0.3, 0.4) is 0 Å². The lowest BCUT2D eigenvalue weighted by Crippen LogP contribution is -2.30. The maximum Gasteiger partial charge on any atom is 0.208 e. The van der Waals surface area contributed by atoms with Crippen molar-refractivity contribution in [2.75, 3.05) is 0 Å². The van der Waals surface area contributed by atoms with Crippen molar-refractivity contribution < 1.29 is 4.42 Å². The third-order valence-electron chi connectivity index (χ3n) is 3.10. The van der Waals surface area contributed by atoms with Gasteiger partial charge in [0.15, 0.2) is 0 Å². The molecule has 1 aromatic heterocycles. The number of hydrogen-bond donors (Lipinski definition) is 1. The maximum atomic E-state index is 5.55. The first-order valence-electron chi connectivity index (χ1n) is 6.05. The van der Waals surface area contributed by atoms with Gasteiger partial charge in [-0.3, -0.25) is 0 Å². The summed E-state index contributed by atoms with van der Waals surface area (Å²) in [5.74, 6) is 1.81. The van der Waals surface area contributed by atoms with E-state index in [1.807, 2.05) is 6.20 Å². The first-order valence-corrected chi connectivity index (χ1v) is 6.05. The molecule has 0 bridgehead atoms. The average Bonchev–Trinajstić information content (AvgIpc) is 2.76. The quantitative estimate of drug-likeness (QED) is 0.826. The van der Waals surface area contributed by atoms with Gasteiger partial charge in [0.2, 0.25) is 5.89 Å². The third-order valence-corrected chi connectivity index (χ3v) is 3.10. The zero-order chi connectivity index (χ0) is 10.5. The van der Waals surface area contributed by atoms with Crippen LogP contribution in [0.1, 0.15) is 50.7 Å². The van der Waals surface area contributed by atoms with E-state index in [4.69, 9.17) is 4.42 Å². The second-order valence-electron chi connectivity index (χ2n) is 4.29. The van der Waals surface area contributed by atoms with Crippen LogP contribution >= 0.6 is 0 Å². The van der Waals surface area contributed by atoms with E-state index in [-0.39, 0.29) is 0 Å². The SMILES string of the molecule is CCc1cnc(CNC2CCCCC2)o1. The molecule has 1 aliphatic rings. The monoisotopic (exact) mass is 208 g/mol. The second kappa shape index (κ2) is 5.31. The lowest BCUT2D eigenvalue weighted by Gasteiger charge is -2.21. The highest BCUT2D eigenvalue weighted by atomic mass is 16.4. The van der Waals surface area contributed by atoms with Crippen LogP contribution < -0.4 is 5.32 Å². The minimum Gasteiger partial charge on any atom is -0.444 e. The molecular weight excluding hydrogens is 188 g/mol. The van der Waals surface area contributed by atoms with Crippen LogP contribution in [0, 0.1) is 0 Å². The molecule has 1 saturated carbocycles. The molecule has 2 rings (SSSR count). The normalized spacial score (nSPS) is 18.2. The summed E-state index contributed by atoms with van der Waals surface area (Å²) in [6, 6.07) is 0.677. The van der Waals surface area contributed by atoms with Gasteiger partial charge in [-0.25, -0.2) is 4.98 Å². The Bertz CT molecular complexity index is 290. The van der Waals surface area contributed by atoms with E-state index < -0.39 is 0 Å². The minimum atomic E-state index is 0.677. The predicted octanol–water partition coefficient (Wildman–Crippen LogP) is 2.66. The molecule has 1 fully saturated rings. The molecule has 15 heavy (non-hydrogen) atoms. The van der Waals surface area contributed by atoms with Gasteiger partial charge in [-0.15, -0.1) is 0 Å². The fraction of sp³-hybridized carbons (Fsp3) is 0.750. The number of aromatic nitrogens is 1. The lowest BCUT2D eigenvalue weighted by molar-refractivity contribution is 0.349. The second-order valence-corrected chi connectivity index (χ2v) is 4.29. The summed E-state index contributed by atoms with van der Waals surface area (Å²) in [7, 11) is 0. The zero-order valence-corrected chi connectivity index (χ0v) is 9.46. The van der Waals surface area contributed by atoms with Crippen molar-refractivity contribution in [2.24, 2.45) is 0 Å². The molecule has 0 aromatic carbocycles. The molecule has 0 atom stereocenters. The first-order chi connectivity index (χ1) is 7.38. The van der Waals surface area contributed by atoms with Gasteiger partial charge < -0.3 is 9.73 Å². The van der Waals surface area contributed by atoms with Gasteiger partial charge in [-0.1, -0.05) is 26.2 Å². The number of hydrogen-bond acceptors (Lipinski definition) is 3. The van der Waals surface area contributed by atoms with Gasteiger partial charge in [0.25, 0.3) is 0 Å². The number of oxazole rings is 1. The Balaban J connectivity index is 1.76. The Morgan fingerprint density at radius 1 is 1.40 bits per heavy atom. The van der Waals surface area contributed by atoms with Crippen LogP contribution in [0.2, 0.25) is 0 Å². The van der Waals surface area contributed by atoms with Gasteiger partial charge in [0.1, 0.15) is 5.76 Å². The van der Waals surface area contributed by atoms with E-state index in [2.05, 4.69) is 17.2 Å². The Hall–Kier alpha value is -0.830. The number of nitrogens with zero attached hydrogens (tertiary/aromatic N) is 1. The van der Waals surface area contributed by atoms with E-state index >= 15 is 0 Å². The summed E-state index contributed by atoms with van der Waals surface area (Å²) in [5.41, 5.74) is 0. The van der Waals surface area contributed by atoms with E-state index in [0.29, 0.717) is 6.04 Å². The number of nitrogens with one attached hydrogen (secondary N) is 1. The molecule has 1 aromatic rings. The molecular formula is C12H20N2O. The van der Waals surface area contributed by atoms with Gasteiger partial charge in [-0.05, 0) is 12.8 Å². The molecule has 84 valence electrons. The van der Waals surface area contributed by atoms with Crippen LogP contribution in [0.4, 0.5) is 0 Å². The summed E-state index contributed by atoms with van der Waals surface area (Å²) in [4.78, 5) is 4.24. The smallest absolute Gasteiger partial charge is 0.208 e. The summed E-state index contributed by atoms with van der Waals surface area (Å²) in [5, 5.41) is 3.52. The number of rotatable bonds is 4. The molecule has 0 saturated heterocycles. The van der Waals surface area contributed by atoms with Crippen molar-refractivity contribution >= 4 is 0 Å². The van der Waals surface area contributed by atoms with Crippen molar-refractivity contribution in [3.05, 3.63) is 17.8 Å². The van der Waals surface area contributed by atoms with Crippen molar-refractivity contribution in [2.45, 2.75) is 58.0 Å². The highest BCUT2D eigenvalue weighted by molar-refractivity contribution is 4.93. The summed E-state index contributed by atoms with van der Waals surface area (Å²) in [6.07, 6.45) is 9.50. The topological polar surface area (TPSA) is 38.1 Å². The molecule has 0 spiro atoms. The van der Waals surface area contributed by atoms with E-state index in [9.17, 15) is 0 Å². The van der Waals surface area contributed by atoms with Crippen LogP contribution in [-0.2, 0) is 13.0 Å². The standard InChI is InChI=1S/C12H20N2O/c1-2-11-8-14-12(15-11)9-13-10-6-4-3-5-7-10/h8,10,13H,2-7,9H2,1H3. The summed E-state index contributed by atoms with van der Waals surface area (Å²) in [6.45, 7) is 2.86. The Kier molecular flexibility index (Phi) is 3.78. The van der Waals surface area contributed by atoms with Gasteiger partial charge in [0.05, 0.1) is 12.7 Å². The highest BCUT2D eigenvalue weighted by Gasteiger charge is 2.13. The molecule has 1 aliphatic carbocycles. The van der Waals surface area contributed by atoms with E-state index in [1.54, 1.807) is 0 Å². The van der Waals surface area contributed by atoms with Gasteiger partial charge in [0, 0.05) is 12.5 Å². The largest absolute Gasteiger partial charge is 0.444 e. The third kappa shape index (κ3) is 3.06. The number of aryl methyl sites for hydroxylation is 1. The molecule has 1 heterocycles. The summed E-state index contributed by atoms with van der Waals surface area (Å²) < 4.78 is 5.55. The van der Waals surface area contributed by atoms with Crippen molar-refractivity contribution in [3.63, 3.8) is 0 Å². The van der Waals surface area contributed by atoms with Gasteiger partial charge >= 0.3 is 0 Å². The fourth-order valence-corrected chi connectivity index (χ4v) is 2.13. The molecule has 0 aliphatic heterocycles. The predicted molar refractivity (Wildman–Crippen MR) is 59.6 cm³/mol. The molecule has 0 amide bonds. The van der Waals surface area contributed by atoms with Crippen molar-refractivity contribution in [3.8, 4) is 0 Å². The first kappa shape index (κ1) is 10.7. The van der Waals surface area contributed by atoms with Crippen LogP contribution in [0.15, 0.2) is 10.6 Å². The van der Waals surface area contributed by atoms with Crippen LogP contribution in [-0.4, -0.2) is 11.0 Å². The Morgan fingerprint density at radius 3 is 2.87 bits per heavy atom. The van der Waals surface area contributed by atoms with Crippen molar-refractivity contribution in [1.82, 2.24) is 10.3 Å². The zero-order valence-electron chi connectivity index (χ0n) is 9.46. The molecule has 3 heteroatoms. The highest BCUT2D eigenvalue weighted by Crippen LogP contribution is 2.17. The molecule has 0 radical (unpaired) electrons. The van der Waals surface area contributed by atoms with E-state index in [1.165, 1.54) is 32.1 Å². The molecule has 0 unspecified atom stereocenters. The fourth-order valence-electron chi connectivity index (χ4n) is 2.13. The summed E-state index contributed by atoms with van der Waals surface area (Å²) >= 11 is 0. The lowest BCUT2D eigenvalue weighted by atomic mass is 9.95. The Morgan fingerprint density at radius 2 is 2.20 bits per heavy atom. The maximum absolute atomic E-state index is 5.55. The molecule has 1 N–H and O–H groups in total. The molecule has 3 nitrogen and oxygen atoms in total. The van der Waals surface area contributed by atoms with E-state index in [0.717, 1.165) is 24.6 Å². The van der Waals surface area contributed by atoms with Gasteiger partial charge in [-0.2, -0.15) is 0 Å². The Labute approximate surface area is 91.3 Å². The minimum absolute atomic E-state index is 0.677. The van der Waals surface area contributed by atoms with Crippen LogP contribution in [0.5, 0.6) is 0 Å².